The highest BCUT2D eigenvalue weighted by atomic mass is 19.4. The van der Waals surface area contributed by atoms with E-state index in [0.717, 1.165) is 0 Å². The van der Waals surface area contributed by atoms with Gasteiger partial charge in [-0.3, -0.25) is 0 Å². The maximum Gasteiger partial charge on any atom is 0.430 e. The molecule has 0 fully saturated rings. The van der Waals surface area contributed by atoms with Gasteiger partial charge in [-0.1, -0.05) is 0 Å². The van der Waals surface area contributed by atoms with Gasteiger partial charge in [-0.05, 0) is 6.92 Å². The normalized spacial score (nSPS) is 16.9. The second-order valence-corrected chi connectivity index (χ2v) is 3.83. The van der Waals surface area contributed by atoms with Crippen LogP contribution >= 0.6 is 0 Å². The Kier molecular flexibility index (Phi) is 7.01. The van der Waals surface area contributed by atoms with Crippen LogP contribution in [0.1, 0.15) is 13.8 Å². The molecular weight excluding hydrogens is 330 g/mol. The lowest BCUT2D eigenvalue weighted by molar-refractivity contribution is -0.370. The molecule has 0 amide bonds. The summed E-state index contributed by atoms with van der Waals surface area (Å²) in [6.45, 7) is -0.188. The summed E-state index contributed by atoms with van der Waals surface area (Å²) in [5.41, 5.74) is -4.67. The Balaban J connectivity index is 0. The monoisotopic (exact) mass is 342 g/mol. The molecule has 0 heterocycles. The van der Waals surface area contributed by atoms with E-state index < -0.39 is 30.0 Å². The van der Waals surface area contributed by atoms with Gasteiger partial charge in [0.05, 0.1) is 0 Å². The van der Waals surface area contributed by atoms with Crippen molar-refractivity contribution < 1.29 is 53.4 Å². The summed E-state index contributed by atoms with van der Waals surface area (Å²) in [6.07, 6.45) is -14.9. The molecule has 12 heteroatoms. The number of methoxy groups -OCH3 is 2. The highest BCUT2D eigenvalue weighted by Crippen LogP contribution is 2.45. The summed E-state index contributed by atoms with van der Waals surface area (Å²) < 4.78 is 124. The molecular formula is C9H12F10O2. The maximum absolute atomic E-state index is 12.4. The quantitative estimate of drug-likeness (QED) is 0.705. The molecule has 0 N–H and O–H groups in total. The topological polar surface area (TPSA) is 18.5 Å². The van der Waals surface area contributed by atoms with Crippen molar-refractivity contribution in [3.05, 3.63) is 0 Å². The van der Waals surface area contributed by atoms with E-state index in [4.69, 9.17) is 0 Å². The molecule has 1 atom stereocenters. The number of hydrogen-bond acceptors (Lipinski definition) is 2. The molecule has 0 aliphatic heterocycles. The molecule has 0 saturated heterocycles. The summed E-state index contributed by atoms with van der Waals surface area (Å²) in [4.78, 5) is 0. The van der Waals surface area contributed by atoms with E-state index in [1.165, 1.54) is 0 Å². The van der Waals surface area contributed by atoms with Crippen molar-refractivity contribution in [3.63, 3.8) is 0 Å². The average molecular weight is 342 g/mol. The Hall–Kier alpha value is -0.780. The molecule has 0 aliphatic rings. The summed E-state index contributed by atoms with van der Waals surface area (Å²) in [5, 5.41) is 0. The largest absolute Gasteiger partial charge is 0.430 e. The van der Waals surface area contributed by atoms with E-state index in [1.807, 2.05) is 0 Å². The first-order valence-corrected chi connectivity index (χ1v) is 4.86. The molecule has 0 saturated carbocycles. The van der Waals surface area contributed by atoms with Gasteiger partial charge in [-0.2, -0.15) is 39.5 Å². The minimum Gasteiger partial charge on any atom is -0.321 e. The average Bonchev–Trinajstić information content (AvgIpc) is 2.26. The standard InChI is InChI=1S/C5H6F6O.C4H6F4O/c1-3(6,4(7,8)9)5(10,11)12-2;1-3(5,6)4(7,8)9-2/h1-2H3;1-2H3. The lowest BCUT2D eigenvalue weighted by atomic mass is 10.1. The van der Waals surface area contributed by atoms with Crippen LogP contribution in [0.5, 0.6) is 0 Å². The van der Waals surface area contributed by atoms with E-state index in [2.05, 4.69) is 9.47 Å². The van der Waals surface area contributed by atoms with Crippen molar-refractivity contribution >= 4 is 0 Å². The van der Waals surface area contributed by atoms with Gasteiger partial charge in [0.15, 0.2) is 0 Å². The first kappa shape index (κ1) is 22.5. The van der Waals surface area contributed by atoms with Gasteiger partial charge in [0.25, 0.3) is 5.67 Å². The van der Waals surface area contributed by atoms with E-state index >= 15 is 0 Å². The van der Waals surface area contributed by atoms with Gasteiger partial charge >= 0.3 is 24.3 Å². The molecule has 2 nitrogen and oxygen atoms in total. The lowest BCUT2D eigenvalue weighted by Crippen LogP contribution is -2.53. The minimum absolute atomic E-state index is 0.0938. The van der Waals surface area contributed by atoms with Gasteiger partial charge in [-0.25, -0.2) is 4.39 Å². The smallest absolute Gasteiger partial charge is 0.321 e. The zero-order chi connectivity index (χ0) is 17.9. The molecule has 0 spiro atoms. The van der Waals surface area contributed by atoms with Crippen LogP contribution in [0.2, 0.25) is 0 Å². The molecule has 0 aromatic carbocycles. The van der Waals surface area contributed by atoms with Gasteiger partial charge in [0, 0.05) is 21.1 Å². The highest BCUT2D eigenvalue weighted by Gasteiger charge is 2.68. The Morgan fingerprint density at radius 2 is 0.857 bits per heavy atom. The van der Waals surface area contributed by atoms with Crippen molar-refractivity contribution in [2.24, 2.45) is 0 Å². The second-order valence-electron chi connectivity index (χ2n) is 3.83. The number of alkyl halides is 10. The molecule has 0 rings (SSSR count). The zero-order valence-electron chi connectivity index (χ0n) is 11.1. The van der Waals surface area contributed by atoms with Crippen LogP contribution in [-0.4, -0.2) is 44.2 Å². The maximum atomic E-state index is 12.4. The highest BCUT2D eigenvalue weighted by molar-refractivity contribution is 4.90. The summed E-state index contributed by atoms with van der Waals surface area (Å²) in [5.74, 6) is -4.11. The SMILES string of the molecule is COC(F)(F)C(C)(F)C(F)(F)F.COC(F)(F)C(C)(F)F. The summed E-state index contributed by atoms with van der Waals surface area (Å²) >= 11 is 0. The van der Waals surface area contributed by atoms with E-state index in [-0.39, 0.29) is 13.8 Å². The predicted octanol–water partition coefficient (Wildman–Crippen LogP) is 4.40. The Morgan fingerprint density at radius 3 is 0.905 bits per heavy atom. The Bertz CT molecular complexity index is 317. The van der Waals surface area contributed by atoms with Gasteiger partial charge in [0.1, 0.15) is 0 Å². The summed E-state index contributed by atoms with van der Waals surface area (Å²) in [7, 11) is 0.820. The molecule has 0 aromatic heterocycles. The zero-order valence-corrected chi connectivity index (χ0v) is 11.1. The van der Waals surface area contributed by atoms with Crippen molar-refractivity contribution in [1.29, 1.82) is 0 Å². The molecule has 0 aromatic rings. The number of rotatable bonds is 4. The van der Waals surface area contributed by atoms with Gasteiger partial charge in [-0.15, -0.1) is 0 Å². The van der Waals surface area contributed by atoms with Crippen molar-refractivity contribution in [2.45, 2.75) is 43.8 Å². The first-order chi connectivity index (χ1) is 8.87. The van der Waals surface area contributed by atoms with Crippen LogP contribution in [-0.2, 0) is 9.47 Å². The van der Waals surface area contributed by atoms with Crippen molar-refractivity contribution in [3.8, 4) is 0 Å². The van der Waals surface area contributed by atoms with Gasteiger partial charge in [0.2, 0.25) is 0 Å². The Labute approximate surface area is 113 Å². The third kappa shape index (κ3) is 5.49. The molecule has 0 radical (unpaired) electrons. The minimum atomic E-state index is -5.66. The molecule has 0 aliphatic carbocycles. The number of ether oxygens (including phenoxy) is 2. The fraction of sp³-hybridized carbons (Fsp3) is 1.00. The second kappa shape index (κ2) is 6.55. The molecule has 1 unspecified atom stereocenters. The molecule has 21 heavy (non-hydrogen) atoms. The van der Waals surface area contributed by atoms with Crippen molar-refractivity contribution in [2.75, 3.05) is 14.2 Å². The molecule has 0 bridgehead atoms. The predicted molar refractivity (Wildman–Crippen MR) is 50.1 cm³/mol. The third-order valence-electron chi connectivity index (χ3n) is 2.10. The van der Waals surface area contributed by atoms with Crippen LogP contribution in [0.4, 0.5) is 43.9 Å². The van der Waals surface area contributed by atoms with Crippen molar-refractivity contribution in [1.82, 2.24) is 0 Å². The van der Waals surface area contributed by atoms with E-state index in [1.54, 1.807) is 0 Å². The van der Waals surface area contributed by atoms with Gasteiger partial charge < -0.3 is 9.47 Å². The van der Waals surface area contributed by atoms with Crippen LogP contribution in [0.25, 0.3) is 0 Å². The van der Waals surface area contributed by atoms with E-state index in [9.17, 15) is 43.9 Å². The number of halogens is 10. The van der Waals surface area contributed by atoms with Crippen LogP contribution in [0.15, 0.2) is 0 Å². The number of hydrogen-bond donors (Lipinski definition) is 0. The van der Waals surface area contributed by atoms with Crippen LogP contribution < -0.4 is 0 Å². The third-order valence-corrected chi connectivity index (χ3v) is 2.10. The van der Waals surface area contributed by atoms with E-state index in [0.29, 0.717) is 14.2 Å². The van der Waals surface area contributed by atoms with Crippen LogP contribution in [0, 0.1) is 0 Å². The fourth-order valence-electron chi connectivity index (χ4n) is 0.536. The summed E-state index contributed by atoms with van der Waals surface area (Å²) in [6, 6.07) is 0. The lowest BCUT2D eigenvalue weighted by Gasteiger charge is -2.29. The Morgan fingerprint density at radius 1 is 0.571 bits per heavy atom. The molecule has 130 valence electrons. The first-order valence-electron chi connectivity index (χ1n) is 4.86. The van der Waals surface area contributed by atoms with Crippen LogP contribution in [0.3, 0.4) is 0 Å². The fourth-order valence-corrected chi connectivity index (χ4v) is 0.536.